The second kappa shape index (κ2) is 9.32. The molecule has 0 amide bonds. The van der Waals surface area contributed by atoms with Crippen molar-refractivity contribution in [2.24, 2.45) is 15.7 Å². The first-order chi connectivity index (χ1) is 14.0. The van der Waals surface area contributed by atoms with Gasteiger partial charge in [-0.1, -0.05) is 12.1 Å². The molecule has 1 atom stereocenters. The van der Waals surface area contributed by atoms with Crippen molar-refractivity contribution in [3.05, 3.63) is 59.4 Å². The summed E-state index contributed by atoms with van der Waals surface area (Å²) in [6, 6.07) is 12.5. The molecule has 2 aliphatic rings. The molecular weight excluding hydrogens is 407 g/mol. The molecule has 2 heterocycles. The second-order valence-electron chi connectivity index (χ2n) is 7.17. The van der Waals surface area contributed by atoms with Gasteiger partial charge in [0.2, 0.25) is 18.2 Å². The molecule has 0 bridgehead atoms. The number of nitrogens with zero attached hydrogens (tertiary/aromatic N) is 4. The first-order valence-electron chi connectivity index (χ1n) is 9.64. The summed E-state index contributed by atoms with van der Waals surface area (Å²) in [6.07, 6.45) is -0.561. The van der Waals surface area contributed by atoms with E-state index in [-0.39, 0.29) is 24.2 Å². The van der Waals surface area contributed by atoms with Crippen molar-refractivity contribution in [3.8, 4) is 0 Å². The maximum absolute atomic E-state index is 14.0. The first kappa shape index (κ1) is 21.9. The number of morpholine rings is 1. The van der Waals surface area contributed by atoms with Crippen molar-refractivity contribution in [2.45, 2.75) is 20.1 Å². The molecule has 0 radical (unpaired) electrons. The average Bonchev–Trinajstić information content (AvgIpc) is 2.71. The molecule has 9 heteroatoms. The quantitative estimate of drug-likeness (QED) is 0.779. The van der Waals surface area contributed by atoms with Crippen molar-refractivity contribution >= 4 is 35.7 Å². The lowest BCUT2D eigenvalue weighted by molar-refractivity contribution is 0.0671. The maximum atomic E-state index is 14.0. The van der Waals surface area contributed by atoms with Crippen molar-refractivity contribution in [3.63, 3.8) is 0 Å². The van der Waals surface area contributed by atoms with Gasteiger partial charge in [0, 0.05) is 18.8 Å². The van der Waals surface area contributed by atoms with E-state index < -0.39 is 6.29 Å². The molecule has 30 heavy (non-hydrogen) atoms. The highest BCUT2D eigenvalue weighted by atomic mass is 35.5. The number of nitrogens with two attached hydrogens (primary N) is 1. The number of guanidine groups is 2. The zero-order chi connectivity index (χ0) is 20.4. The highest BCUT2D eigenvalue weighted by Gasteiger charge is 2.32. The van der Waals surface area contributed by atoms with Crippen LogP contribution in [-0.4, -0.2) is 49.4 Å². The number of halogens is 2. The Bertz CT molecular complexity index is 960. The molecule has 0 aromatic heterocycles. The zero-order valence-electron chi connectivity index (χ0n) is 17.0. The highest BCUT2D eigenvalue weighted by molar-refractivity contribution is 6.06. The molecule has 0 aliphatic carbocycles. The highest BCUT2D eigenvalue weighted by Crippen LogP contribution is 2.25. The van der Waals surface area contributed by atoms with Gasteiger partial charge in [0.1, 0.15) is 5.82 Å². The topological polar surface area (TPSA) is 78.5 Å². The normalized spacial score (nSPS) is 19.0. The van der Waals surface area contributed by atoms with Gasteiger partial charge >= 0.3 is 0 Å². The van der Waals surface area contributed by atoms with Gasteiger partial charge in [-0.3, -0.25) is 4.90 Å². The minimum atomic E-state index is -0.561. The molecule has 1 unspecified atom stereocenters. The fourth-order valence-electron chi connectivity index (χ4n) is 3.42. The van der Waals surface area contributed by atoms with Gasteiger partial charge < -0.3 is 20.7 Å². The van der Waals surface area contributed by atoms with Crippen LogP contribution in [0, 0.1) is 19.7 Å². The summed E-state index contributed by atoms with van der Waals surface area (Å²) in [5, 5.41) is 3.41. The van der Waals surface area contributed by atoms with Gasteiger partial charge in [0.15, 0.2) is 0 Å². The number of aryl methyl sites for hydroxylation is 2. The second-order valence-corrected chi connectivity index (χ2v) is 7.17. The van der Waals surface area contributed by atoms with Gasteiger partial charge in [-0.15, -0.1) is 12.4 Å². The standard InChI is InChI=1S/C21H25FN6O.ClH/c1-14-6-7-17(12-15(14)2)24-20-25-19(23)26-21(27-8-10-29-11-9-27)28(20)18-5-3-4-16(22)13-18;/h3-7,12-13,20,24H,8-11H2,1-2H3,(H2,23,25);1H. The molecular formula is C21H26ClFN6O. The fraction of sp³-hybridized carbons (Fsp3) is 0.333. The molecule has 2 aromatic carbocycles. The molecule has 0 saturated carbocycles. The summed E-state index contributed by atoms with van der Waals surface area (Å²) < 4.78 is 19.5. The minimum absolute atomic E-state index is 0. The lowest BCUT2D eigenvalue weighted by atomic mass is 10.1. The van der Waals surface area contributed by atoms with Gasteiger partial charge in [-0.2, -0.15) is 4.99 Å². The van der Waals surface area contributed by atoms with E-state index in [0.717, 1.165) is 5.69 Å². The Morgan fingerprint density at radius 3 is 2.57 bits per heavy atom. The van der Waals surface area contributed by atoms with E-state index in [2.05, 4.69) is 46.2 Å². The molecule has 2 aromatic rings. The SMILES string of the molecule is Cc1ccc(NC2N=C(N)N=C(N3CCOCC3)N2c2cccc(F)c2)cc1C.Cl. The Labute approximate surface area is 181 Å². The number of anilines is 2. The van der Waals surface area contributed by atoms with Crippen LogP contribution in [0.3, 0.4) is 0 Å². The lowest BCUT2D eigenvalue weighted by Crippen LogP contribution is -2.57. The van der Waals surface area contributed by atoms with E-state index in [1.54, 1.807) is 6.07 Å². The summed E-state index contributed by atoms with van der Waals surface area (Å²) in [5.74, 6) is 0.490. The third-order valence-corrected chi connectivity index (χ3v) is 5.11. The van der Waals surface area contributed by atoms with Crippen molar-refractivity contribution < 1.29 is 9.13 Å². The van der Waals surface area contributed by atoms with Crippen molar-refractivity contribution in [2.75, 3.05) is 36.5 Å². The molecule has 4 rings (SSSR count). The van der Waals surface area contributed by atoms with Crippen LogP contribution in [0.2, 0.25) is 0 Å². The third-order valence-electron chi connectivity index (χ3n) is 5.11. The smallest absolute Gasteiger partial charge is 0.222 e. The summed E-state index contributed by atoms with van der Waals surface area (Å²) in [4.78, 5) is 13.0. The summed E-state index contributed by atoms with van der Waals surface area (Å²) >= 11 is 0. The Hall–Kier alpha value is -2.84. The maximum Gasteiger partial charge on any atom is 0.222 e. The number of ether oxygens (including phenoxy) is 1. The first-order valence-corrected chi connectivity index (χ1v) is 9.64. The van der Waals surface area contributed by atoms with Crippen molar-refractivity contribution in [1.29, 1.82) is 0 Å². The van der Waals surface area contributed by atoms with E-state index in [1.165, 1.54) is 23.3 Å². The summed E-state index contributed by atoms with van der Waals surface area (Å²) in [7, 11) is 0. The van der Waals surface area contributed by atoms with Gasteiger partial charge in [-0.05, 0) is 55.3 Å². The number of rotatable bonds is 3. The van der Waals surface area contributed by atoms with Crippen LogP contribution >= 0.6 is 12.4 Å². The Balaban J connectivity index is 0.00000256. The van der Waals surface area contributed by atoms with Crippen LogP contribution in [0.5, 0.6) is 0 Å². The van der Waals surface area contributed by atoms with E-state index in [1.807, 2.05) is 17.0 Å². The van der Waals surface area contributed by atoms with Crippen LogP contribution < -0.4 is 16.0 Å². The van der Waals surface area contributed by atoms with Crippen molar-refractivity contribution in [1.82, 2.24) is 4.90 Å². The molecule has 0 spiro atoms. The van der Waals surface area contributed by atoms with Gasteiger partial charge in [0.25, 0.3) is 0 Å². The average molecular weight is 433 g/mol. The lowest BCUT2D eigenvalue weighted by Gasteiger charge is -2.41. The molecule has 3 N–H and O–H groups in total. The molecule has 7 nitrogen and oxygen atoms in total. The number of nitrogens with one attached hydrogen (secondary N) is 1. The van der Waals surface area contributed by atoms with E-state index in [4.69, 9.17) is 10.5 Å². The molecule has 2 aliphatic heterocycles. The zero-order valence-corrected chi connectivity index (χ0v) is 17.8. The van der Waals surface area contributed by atoms with Crippen LogP contribution in [-0.2, 0) is 4.74 Å². The number of hydrogen-bond acceptors (Lipinski definition) is 7. The Morgan fingerprint density at radius 2 is 1.87 bits per heavy atom. The monoisotopic (exact) mass is 432 g/mol. The summed E-state index contributed by atoms with van der Waals surface area (Å²) in [5.41, 5.74) is 9.99. The number of benzene rings is 2. The van der Waals surface area contributed by atoms with Crippen LogP contribution in [0.1, 0.15) is 11.1 Å². The van der Waals surface area contributed by atoms with E-state index >= 15 is 0 Å². The molecule has 1 fully saturated rings. The number of aliphatic imine (C=N–C) groups is 2. The van der Waals surface area contributed by atoms with Crippen LogP contribution in [0.25, 0.3) is 0 Å². The number of hydrogen-bond donors (Lipinski definition) is 2. The summed E-state index contributed by atoms with van der Waals surface area (Å²) in [6.45, 7) is 6.68. The van der Waals surface area contributed by atoms with Crippen LogP contribution in [0.4, 0.5) is 15.8 Å². The van der Waals surface area contributed by atoms with E-state index in [9.17, 15) is 4.39 Å². The fourth-order valence-corrected chi connectivity index (χ4v) is 3.42. The Morgan fingerprint density at radius 1 is 1.10 bits per heavy atom. The minimum Gasteiger partial charge on any atom is -0.378 e. The van der Waals surface area contributed by atoms with Gasteiger partial charge in [-0.25, -0.2) is 9.38 Å². The Kier molecular flexibility index (Phi) is 6.79. The van der Waals surface area contributed by atoms with Gasteiger partial charge in [0.05, 0.1) is 18.9 Å². The third kappa shape index (κ3) is 4.66. The predicted octanol–water partition coefficient (Wildman–Crippen LogP) is 3.08. The predicted molar refractivity (Wildman–Crippen MR) is 121 cm³/mol. The molecule has 160 valence electrons. The molecule has 1 saturated heterocycles. The van der Waals surface area contributed by atoms with E-state index in [0.29, 0.717) is 38.0 Å². The van der Waals surface area contributed by atoms with Crippen LogP contribution in [0.15, 0.2) is 52.4 Å². The largest absolute Gasteiger partial charge is 0.378 e.